The number of guanidine groups is 1. The molecule has 0 aliphatic rings. The van der Waals surface area contributed by atoms with Crippen LogP contribution in [0.15, 0.2) is 29.5 Å². The summed E-state index contributed by atoms with van der Waals surface area (Å²) in [6.45, 7) is 3.63. The largest absolute Gasteiger partial charge is 0.357 e. The van der Waals surface area contributed by atoms with E-state index in [0.29, 0.717) is 36.1 Å². The number of hydrogen-bond acceptors (Lipinski definition) is 3. The number of aryl methyl sites for hydroxylation is 1. The van der Waals surface area contributed by atoms with E-state index in [1.807, 2.05) is 14.0 Å². The van der Waals surface area contributed by atoms with Gasteiger partial charge >= 0.3 is 0 Å². The maximum absolute atomic E-state index is 13.7. The van der Waals surface area contributed by atoms with Crippen molar-refractivity contribution >= 4 is 41.5 Å². The predicted octanol–water partition coefficient (Wildman–Crippen LogP) is 2.52. The Bertz CT molecular complexity index is 655. The van der Waals surface area contributed by atoms with Crippen LogP contribution in [0.5, 0.6) is 0 Å². The average Bonchev–Trinajstić information content (AvgIpc) is 2.93. The fourth-order valence-electron chi connectivity index (χ4n) is 2.03. The minimum atomic E-state index is -0.291. The van der Waals surface area contributed by atoms with Crippen LogP contribution in [0.2, 0.25) is 5.02 Å². The van der Waals surface area contributed by atoms with E-state index >= 15 is 0 Å². The van der Waals surface area contributed by atoms with Gasteiger partial charge < -0.3 is 10.6 Å². The van der Waals surface area contributed by atoms with Gasteiger partial charge in [-0.05, 0) is 25.5 Å². The molecule has 0 unspecified atom stereocenters. The third kappa shape index (κ3) is 5.90. The second kappa shape index (κ2) is 10.4. The number of nitrogens with zero attached hydrogens (tertiary/aromatic N) is 4. The molecule has 1 aromatic heterocycles. The number of nitrogens with one attached hydrogen (secondary N) is 2. The van der Waals surface area contributed by atoms with Crippen molar-refractivity contribution in [1.29, 1.82) is 0 Å². The standard InChI is InChI=1S/C15H20ClFN6.HI/c1-3-18-15(20-9-14-21-10-22-23(14)2)19-8-7-11-12(16)5-4-6-13(11)17;/h4-6,10H,3,7-9H2,1-2H3,(H2,18,19,20);1H. The summed E-state index contributed by atoms with van der Waals surface area (Å²) in [6, 6.07) is 4.70. The molecule has 0 radical (unpaired) electrons. The van der Waals surface area contributed by atoms with Crippen LogP contribution in [0.1, 0.15) is 18.3 Å². The molecule has 0 saturated heterocycles. The van der Waals surface area contributed by atoms with Crippen molar-refractivity contribution in [3.8, 4) is 0 Å². The smallest absolute Gasteiger partial charge is 0.191 e. The lowest BCUT2D eigenvalue weighted by molar-refractivity contribution is 0.607. The van der Waals surface area contributed by atoms with Crippen molar-refractivity contribution in [1.82, 2.24) is 25.4 Å². The molecule has 9 heteroatoms. The van der Waals surface area contributed by atoms with Gasteiger partial charge in [0.1, 0.15) is 24.5 Å². The quantitative estimate of drug-likeness (QED) is 0.390. The van der Waals surface area contributed by atoms with E-state index in [0.717, 1.165) is 12.4 Å². The van der Waals surface area contributed by atoms with Crippen LogP contribution in [0.25, 0.3) is 0 Å². The van der Waals surface area contributed by atoms with E-state index in [9.17, 15) is 4.39 Å². The summed E-state index contributed by atoms with van der Waals surface area (Å²) in [6.07, 6.45) is 1.96. The van der Waals surface area contributed by atoms with Gasteiger partial charge in [0.05, 0.1) is 0 Å². The third-order valence-electron chi connectivity index (χ3n) is 3.26. The van der Waals surface area contributed by atoms with Crippen molar-refractivity contribution < 1.29 is 4.39 Å². The number of aliphatic imine (C=N–C) groups is 1. The Morgan fingerprint density at radius 1 is 1.38 bits per heavy atom. The van der Waals surface area contributed by atoms with E-state index in [1.54, 1.807) is 16.8 Å². The summed E-state index contributed by atoms with van der Waals surface area (Å²) in [4.78, 5) is 8.56. The molecule has 132 valence electrons. The summed E-state index contributed by atoms with van der Waals surface area (Å²) in [5.41, 5.74) is 0.505. The van der Waals surface area contributed by atoms with Gasteiger partial charge in [0, 0.05) is 30.7 Å². The van der Waals surface area contributed by atoms with Crippen LogP contribution >= 0.6 is 35.6 Å². The number of aromatic nitrogens is 3. The Hall–Kier alpha value is -1.42. The fourth-order valence-corrected chi connectivity index (χ4v) is 2.29. The topological polar surface area (TPSA) is 67.1 Å². The molecule has 0 amide bonds. The molecule has 0 spiro atoms. The van der Waals surface area contributed by atoms with Gasteiger partial charge in [-0.15, -0.1) is 24.0 Å². The fraction of sp³-hybridized carbons (Fsp3) is 0.400. The molecule has 0 aliphatic heterocycles. The number of rotatable bonds is 6. The molecule has 0 aliphatic carbocycles. The van der Waals surface area contributed by atoms with E-state index in [4.69, 9.17) is 11.6 Å². The second-order valence-corrected chi connectivity index (χ2v) is 5.28. The van der Waals surface area contributed by atoms with Crippen LogP contribution in [-0.2, 0) is 20.0 Å². The summed E-state index contributed by atoms with van der Waals surface area (Å²) in [5.74, 6) is 1.11. The van der Waals surface area contributed by atoms with E-state index in [2.05, 4.69) is 25.7 Å². The van der Waals surface area contributed by atoms with E-state index < -0.39 is 0 Å². The summed E-state index contributed by atoms with van der Waals surface area (Å²) in [7, 11) is 1.82. The molecule has 1 aromatic carbocycles. The minimum Gasteiger partial charge on any atom is -0.357 e. The molecule has 2 N–H and O–H groups in total. The highest BCUT2D eigenvalue weighted by Crippen LogP contribution is 2.18. The van der Waals surface area contributed by atoms with Gasteiger partial charge in [0.25, 0.3) is 0 Å². The zero-order chi connectivity index (χ0) is 16.7. The van der Waals surface area contributed by atoms with Crippen LogP contribution < -0.4 is 10.6 Å². The van der Waals surface area contributed by atoms with Gasteiger partial charge in [0.2, 0.25) is 0 Å². The van der Waals surface area contributed by atoms with Crippen LogP contribution in [0, 0.1) is 5.82 Å². The maximum atomic E-state index is 13.7. The Labute approximate surface area is 162 Å². The van der Waals surface area contributed by atoms with Gasteiger partial charge in [-0.2, -0.15) is 5.10 Å². The van der Waals surface area contributed by atoms with Gasteiger partial charge in [0.15, 0.2) is 5.96 Å². The Balaban J connectivity index is 0.00000288. The van der Waals surface area contributed by atoms with Crippen molar-refractivity contribution in [3.05, 3.63) is 46.8 Å². The van der Waals surface area contributed by atoms with Crippen molar-refractivity contribution in [2.24, 2.45) is 12.0 Å². The summed E-state index contributed by atoms with van der Waals surface area (Å²) in [5, 5.41) is 10.7. The van der Waals surface area contributed by atoms with Crippen molar-refractivity contribution in [2.75, 3.05) is 13.1 Å². The molecule has 0 bridgehead atoms. The molecule has 2 aromatic rings. The monoisotopic (exact) mass is 466 g/mol. The van der Waals surface area contributed by atoms with Crippen LogP contribution in [0.3, 0.4) is 0 Å². The minimum absolute atomic E-state index is 0. The van der Waals surface area contributed by atoms with Crippen molar-refractivity contribution in [2.45, 2.75) is 19.9 Å². The SMILES string of the molecule is CCNC(=NCc1ncnn1C)NCCc1c(F)cccc1Cl.I. The van der Waals surface area contributed by atoms with E-state index in [-0.39, 0.29) is 29.8 Å². The number of halogens is 3. The summed E-state index contributed by atoms with van der Waals surface area (Å²) >= 11 is 6.02. The average molecular weight is 467 g/mol. The lowest BCUT2D eigenvalue weighted by Crippen LogP contribution is -2.38. The molecular formula is C15H21ClFIN6. The van der Waals surface area contributed by atoms with Crippen molar-refractivity contribution in [3.63, 3.8) is 0 Å². The molecule has 1 heterocycles. The number of benzene rings is 1. The molecule has 6 nitrogen and oxygen atoms in total. The van der Waals surface area contributed by atoms with Gasteiger partial charge in [-0.1, -0.05) is 17.7 Å². The van der Waals surface area contributed by atoms with Crippen LogP contribution in [-0.4, -0.2) is 33.8 Å². The maximum Gasteiger partial charge on any atom is 0.191 e. The number of hydrogen-bond donors (Lipinski definition) is 2. The molecule has 0 saturated carbocycles. The zero-order valence-corrected chi connectivity index (χ0v) is 16.7. The lowest BCUT2D eigenvalue weighted by atomic mass is 10.1. The van der Waals surface area contributed by atoms with E-state index in [1.165, 1.54) is 12.4 Å². The highest BCUT2D eigenvalue weighted by Gasteiger charge is 2.07. The molecule has 24 heavy (non-hydrogen) atoms. The van der Waals surface area contributed by atoms with Gasteiger partial charge in [-0.25, -0.2) is 14.4 Å². The molecule has 0 fully saturated rings. The first-order valence-corrected chi connectivity index (χ1v) is 7.77. The molecule has 2 rings (SSSR count). The first-order valence-electron chi connectivity index (χ1n) is 7.39. The lowest BCUT2D eigenvalue weighted by Gasteiger charge is -2.12. The highest BCUT2D eigenvalue weighted by atomic mass is 127. The first-order chi connectivity index (χ1) is 11.1. The molecule has 0 atom stereocenters. The Kier molecular flexibility index (Phi) is 8.98. The van der Waals surface area contributed by atoms with Crippen LogP contribution in [0.4, 0.5) is 4.39 Å². The zero-order valence-electron chi connectivity index (χ0n) is 13.6. The predicted molar refractivity (Wildman–Crippen MR) is 104 cm³/mol. The molecular weight excluding hydrogens is 446 g/mol. The van der Waals surface area contributed by atoms with Gasteiger partial charge in [-0.3, -0.25) is 4.68 Å². The third-order valence-corrected chi connectivity index (χ3v) is 3.61. The Morgan fingerprint density at radius 3 is 2.79 bits per heavy atom. The normalized spacial score (nSPS) is 11.1. The first kappa shape index (κ1) is 20.6. The highest BCUT2D eigenvalue weighted by molar-refractivity contribution is 14.0. The second-order valence-electron chi connectivity index (χ2n) is 4.87. The summed E-state index contributed by atoms with van der Waals surface area (Å²) < 4.78 is 15.4. The Morgan fingerprint density at radius 2 is 2.17 bits per heavy atom.